The maximum Gasteiger partial charge on any atom is 0.255 e. The van der Waals surface area contributed by atoms with Crippen LogP contribution in [0.4, 0.5) is 0 Å². The number of thiophene rings is 1. The Labute approximate surface area is 109 Å². The zero-order chi connectivity index (χ0) is 12.4. The van der Waals surface area contributed by atoms with Gasteiger partial charge in [-0.05, 0) is 29.2 Å². The number of carbonyl (C=O) groups excluding carboxylic acids is 1. The summed E-state index contributed by atoms with van der Waals surface area (Å²) in [5.74, 6) is -0.0396. The Kier molecular flexibility index (Phi) is 2.82. The van der Waals surface area contributed by atoms with Gasteiger partial charge in [-0.3, -0.25) is 4.79 Å². The minimum atomic E-state index is -0.0396. The van der Waals surface area contributed by atoms with Gasteiger partial charge in [0.15, 0.2) is 0 Å². The molecule has 18 heavy (non-hydrogen) atoms. The first-order valence-corrected chi connectivity index (χ1v) is 6.54. The minimum Gasteiger partial charge on any atom is -0.321 e. The highest BCUT2D eigenvalue weighted by Crippen LogP contribution is 2.23. The lowest BCUT2D eigenvalue weighted by molar-refractivity contribution is -0.115. The summed E-state index contributed by atoms with van der Waals surface area (Å²) in [7, 11) is 0. The third-order valence-corrected chi connectivity index (χ3v) is 3.56. The molecule has 3 rings (SSSR count). The standard InChI is InChI=1S/C15H11NOS/c17-15-12(9-13-7-4-8-18-13)10-14(16-15)11-5-2-1-3-6-11/h1-10H,(H,16,17). The van der Waals surface area contributed by atoms with Crippen LogP contribution in [0.15, 0.2) is 59.5 Å². The highest BCUT2D eigenvalue weighted by atomic mass is 32.1. The molecule has 2 heterocycles. The van der Waals surface area contributed by atoms with Gasteiger partial charge in [0, 0.05) is 16.1 Å². The van der Waals surface area contributed by atoms with Crippen molar-refractivity contribution >= 4 is 29.0 Å². The van der Waals surface area contributed by atoms with Gasteiger partial charge in [-0.2, -0.15) is 0 Å². The van der Waals surface area contributed by atoms with Crippen LogP contribution in [0.25, 0.3) is 11.8 Å². The molecule has 0 atom stereocenters. The van der Waals surface area contributed by atoms with Crippen molar-refractivity contribution in [1.29, 1.82) is 0 Å². The van der Waals surface area contributed by atoms with Crippen molar-refractivity contribution in [2.45, 2.75) is 0 Å². The Bertz CT molecular complexity index is 624. The Hall–Kier alpha value is -2.13. The van der Waals surface area contributed by atoms with E-state index in [0.29, 0.717) is 5.57 Å². The predicted molar refractivity (Wildman–Crippen MR) is 74.9 cm³/mol. The second-order valence-electron chi connectivity index (χ2n) is 3.99. The molecule has 1 N–H and O–H groups in total. The molecule has 1 aromatic carbocycles. The quantitative estimate of drug-likeness (QED) is 0.817. The van der Waals surface area contributed by atoms with E-state index in [0.717, 1.165) is 16.1 Å². The molecule has 0 saturated heterocycles. The molecule has 1 aliphatic heterocycles. The Morgan fingerprint density at radius 1 is 1.06 bits per heavy atom. The van der Waals surface area contributed by atoms with Crippen molar-refractivity contribution in [2.75, 3.05) is 0 Å². The molecule has 0 unspecified atom stereocenters. The SMILES string of the molecule is O=C1NC(c2ccccc2)=CC1=Cc1cccs1. The number of nitrogens with one attached hydrogen (secondary N) is 1. The number of carbonyl (C=O) groups is 1. The highest BCUT2D eigenvalue weighted by molar-refractivity contribution is 7.10. The molecular weight excluding hydrogens is 242 g/mol. The van der Waals surface area contributed by atoms with E-state index < -0.39 is 0 Å². The second-order valence-corrected chi connectivity index (χ2v) is 4.97. The molecule has 1 amide bonds. The summed E-state index contributed by atoms with van der Waals surface area (Å²) in [6.45, 7) is 0. The maximum absolute atomic E-state index is 11.9. The molecule has 0 radical (unpaired) electrons. The lowest BCUT2D eigenvalue weighted by Gasteiger charge is -2.00. The van der Waals surface area contributed by atoms with Crippen LogP contribution in [0.3, 0.4) is 0 Å². The van der Waals surface area contributed by atoms with E-state index in [2.05, 4.69) is 5.32 Å². The summed E-state index contributed by atoms with van der Waals surface area (Å²) >= 11 is 1.62. The summed E-state index contributed by atoms with van der Waals surface area (Å²) in [5.41, 5.74) is 2.60. The van der Waals surface area contributed by atoms with Crippen molar-refractivity contribution in [1.82, 2.24) is 5.32 Å². The van der Waals surface area contributed by atoms with Crippen molar-refractivity contribution in [2.24, 2.45) is 0 Å². The third kappa shape index (κ3) is 2.13. The minimum absolute atomic E-state index is 0.0396. The number of hydrogen-bond acceptors (Lipinski definition) is 2. The number of benzene rings is 1. The van der Waals surface area contributed by atoms with E-state index in [1.165, 1.54) is 0 Å². The zero-order valence-corrected chi connectivity index (χ0v) is 10.4. The van der Waals surface area contributed by atoms with E-state index in [1.54, 1.807) is 11.3 Å². The predicted octanol–water partition coefficient (Wildman–Crippen LogP) is 3.30. The largest absolute Gasteiger partial charge is 0.321 e. The Balaban J connectivity index is 1.95. The molecule has 2 aromatic rings. The van der Waals surface area contributed by atoms with Gasteiger partial charge in [-0.15, -0.1) is 11.3 Å². The molecule has 1 aliphatic rings. The van der Waals surface area contributed by atoms with Gasteiger partial charge in [0.05, 0.1) is 0 Å². The zero-order valence-electron chi connectivity index (χ0n) is 9.59. The van der Waals surface area contributed by atoms with Gasteiger partial charge in [-0.1, -0.05) is 36.4 Å². The fourth-order valence-corrected chi connectivity index (χ4v) is 2.53. The smallest absolute Gasteiger partial charge is 0.255 e. The summed E-state index contributed by atoms with van der Waals surface area (Å²) < 4.78 is 0. The van der Waals surface area contributed by atoms with Crippen LogP contribution in [-0.2, 0) is 4.79 Å². The van der Waals surface area contributed by atoms with Crippen LogP contribution in [-0.4, -0.2) is 5.91 Å². The third-order valence-electron chi connectivity index (χ3n) is 2.74. The molecule has 0 spiro atoms. The molecule has 3 heteroatoms. The Morgan fingerprint density at radius 2 is 1.89 bits per heavy atom. The fourth-order valence-electron chi connectivity index (χ4n) is 1.86. The van der Waals surface area contributed by atoms with Gasteiger partial charge < -0.3 is 5.32 Å². The lowest BCUT2D eigenvalue weighted by atomic mass is 10.1. The van der Waals surface area contributed by atoms with Crippen molar-refractivity contribution in [3.63, 3.8) is 0 Å². The van der Waals surface area contributed by atoms with Crippen molar-refractivity contribution in [3.05, 3.63) is 69.9 Å². The number of amides is 1. The van der Waals surface area contributed by atoms with E-state index in [9.17, 15) is 4.79 Å². The van der Waals surface area contributed by atoms with Crippen molar-refractivity contribution in [3.8, 4) is 0 Å². The molecule has 0 bridgehead atoms. The normalized spacial score (nSPS) is 16.8. The van der Waals surface area contributed by atoms with Gasteiger partial charge in [0.2, 0.25) is 0 Å². The first-order valence-electron chi connectivity index (χ1n) is 5.66. The van der Waals surface area contributed by atoms with Crippen LogP contribution in [0.1, 0.15) is 10.4 Å². The van der Waals surface area contributed by atoms with Gasteiger partial charge >= 0.3 is 0 Å². The second kappa shape index (κ2) is 4.63. The Morgan fingerprint density at radius 3 is 2.61 bits per heavy atom. The molecule has 1 aromatic heterocycles. The van der Waals surface area contributed by atoms with Gasteiger partial charge in [-0.25, -0.2) is 0 Å². The lowest BCUT2D eigenvalue weighted by Crippen LogP contribution is -2.15. The molecule has 0 aliphatic carbocycles. The van der Waals surface area contributed by atoms with Crippen molar-refractivity contribution < 1.29 is 4.79 Å². The summed E-state index contributed by atoms with van der Waals surface area (Å²) in [5, 5.41) is 4.89. The van der Waals surface area contributed by atoms with E-state index in [1.807, 2.05) is 60.0 Å². The fraction of sp³-hybridized carbons (Fsp3) is 0. The first-order chi connectivity index (χ1) is 8.83. The molecular formula is C15H11NOS. The van der Waals surface area contributed by atoms with Gasteiger partial charge in [0.25, 0.3) is 5.91 Å². The average Bonchev–Trinajstić information content (AvgIpc) is 3.02. The van der Waals surface area contributed by atoms with Crippen LogP contribution >= 0.6 is 11.3 Å². The maximum atomic E-state index is 11.9. The van der Waals surface area contributed by atoms with E-state index >= 15 is 0 Å². The van der Waals surface area contributed by atoms with Crippen LogP contribution < -0.4 is 5.32 Å². The highest BCUT2D eigenvalue weighted by Gasteiger charge is 2.18. The number of hydrogen-bond donors (Lipinski definition) is 1. The average molecular weight is 253 g/mol. The van der Waals surface area contributed by atoms with Crippen LogP contribution in [0.5, 0.6) is 0 Å². The topological polar surface area (TPSA) is 29.1 Å². The van der Waals surface area contributed by atoms with E-state index in [4.69, 9.17) is 0 Å². The summed E-state index contributed by atoms with van der Waals surface area (Å²) in [6.07, 6.45) is 3.81. The molecule has 0 saturated carbocycles. The molecule has 0 fully saturated rings. The van der Waals surface area contributed by atoms with Crippen LogP contribution in [0.2, 0.25) is 0 Å². The number of rotatable bonds is 2. The molecule has 88 valence electrons. The van der Waals surface area contributed by atoms with Crippen LogP contribution in [0, 0.1) is 0 Å². The molecule has 2 nitrogen and oxygen atoms in total. The summed E-state index contributed by atoms with van der Waals surface area (Å²) in [6, 6.07) is 13.8. The van der Waals surface area contributed by atoms with E-state index in [-0.39, 0.29) is 5.91 Å². The van der Waals surface area contributed by atoms with Gasteiger partial charge in [0.1, 0.15) is 0 Å². The first kappa shape index (κ1) is 11.0. The summed E-state index contributed by atoms with van der Waals surface area (Å²) in [4.78, 5) is 12.9. The monoisotopic (exact) mass is 253 g/mol.